The number of nitrogens with two attached hydrogens (primary N) is 1. The molecular formula is C14H13BrClFN4OS. The van der Waals surface area contributed by atoms with Gasteiger partial charge in [-0.2, -0.15) is 4.39 Å². The van der Waals surface area contributed by atoms with Crippen LogP contribution in [0.5, 0.6) is 0 Å². The van der Waals surface area contributed by atoms with Crippen LogP contribution >= 0.6 is 38.9 Å². The van der Waals surface area contributed by atoms with Crippen LogP contribution in [0.4, 0.5) is 10.1 Å². The first-order chi connectivity index (χ1) is 10.9. The molecule has 0 amide bonds. The van der Waals surface area contributed by atoms with Crippen LogP contribution in [0.1, 0.15) is 17.7 Å². The highest BCUT2D eigenvalue weighted by atomic mass is 79.9. The van der Waals surface area contributed by atoms with E-state index < -0.39 is 5.95 Å². The van der Waals surface area contributed by atoms with Crippen LogP contribution in [0.2, 0.25) is 5.15 Å². The summed E-state index contributed by atoms with van der Waals surface area (Å²) < 4.78 is 19.6. The zero-order valence-electron chi connectivity index (χ0n) is 12.1. The fourth-order valence-electron chi connectivity index (χ4n) is 2.15. The average molecular weight is 420 g/mol. The Hall–Kier alpha value is -1.22. The number of aromatic nitrogens is 2. The van der Waals surface area contributed by atoms with Gasteiger partial charge in [-0.1, -0.05) is 11.6 Å². The number of anilines is 1. The molecule has 3 rings (SSSR count). The summed E-state index contributed by atoms with van der Waals surface area (Å²) in [5.74, 6) is 0.234. The number of pyridine rings is 1. The van der Waals surface area contributed by atoms with E-state index in [0.29, 0.717) is 45.7 Å². The number of hydrogen-bond donors (Lipinski definition) is 2. The van der Waals surface area contributed by atoms with E-state index in [0.717, 1.165) is 4.47 Å². The zero-order valence-corrected chi connectivity index (χ0v) is 15.2. The molecule has 0 radical (unpaired) electrons. The highest BCUT2D eigenvalue weighted by molar-refractivity contribution is 9.10. The number of rotatable bonds is 5. The summed E-state index contributed by atoms with van der Waals surface area (Å²) in [5.41, 5.74) is 7.71. The Bertz CT molecular complexity index is 851. The van der Waals surface area contributed by atoms with Crippen LogP contribution in [-0.4, -0.2) is 16.0 Å². The van der Waals surface area contributed by atoms with E-state index in [1.165, 1.54) is 16.7 Å². The summed E-state index contributed by atoms with van der Waals surface area (Å²) in [5, 5.41) is 5.48. The third-order valence-electron chi connectivity index (χ3n) is 3.08. The lowest BCUT2D eigenvalue weighted by Crippen LogP contribution is -2.17. The number of nitrogens with one attached hydrogen (secondary N) is 1. The minimum Gasteiger partial charge on any atom is -0.456 e. The van der Waals surface area contributed by atoms with Crippen LogP contribution in [0.3, 0.4) is 0 Å². The van der Waals surface area contributed by atoms with Gasteiger partial charge in [-0.15, -0.1) is 11.3 Å². The minimum absolute atomic E-state index is 0.0444. The van der Waals surface area contributed by atoms with Crippen molar-refractivity contribution in [1.29, 1.82) is 0 Å². The lowest BCUT2D eigenvalue weighted by atomic mass is 10.2. The molecule has 3 heterocycles. The Balaban J connectivity index is 1.95. The third kappa shape index (κ3) is 3.65. The molecule has 1 atom stereocenters. The average Bonchev–Trinajstić information content (AvgIpc) is 3.02. The Morgan fingerprint density at radius 3 is 2.96 bits per heavy atom. The lowest BCUT2D eigenvalue weighted by molar-refractivity contribution is 0.523. The van der Waals surface area contributed by atoms with Crippen LogP contribution in [0, 0.1) is 5.95 Å². The van der Waals surface area contributed by atoms with Crippen LogP contribution in [0.25, 0.3) is 11.1 Å². The van der Waals surface area contributed by atoms with Crippen LogP contribution < -0.4 is 11.1 Å². The molecule has 0 unspecified atom stereocenters. The summed E-state index contributed by atoms with van der Waals surface area (Å²) in [7, 11) is 0. The Kier molecular flexibility index (Phi) is 4.86. The summed E-state index contributed by atoms with van der Waals surface area (Å²) in [6, 6.07) is 1.62. The Morgan fingerprint density at radius 1 is 1.52 bits per heavy atom. The van der Waals surface area contributed by atoms with Gasteiger partial charge in [-0.3, -0.25) is 0 Å². The molecule has 3 aromatic rings. The summed E-state index contributed by atoms with van der Waals surface area (Å²) in [4.78, 5) is 8.07. The first-order valence-corrected chi connectivity index (χ1v) is 8.86. The molecule has 0 aliphatic carbocycles. The SMILES string of the molecule is C[C@H](N)Cc1oc2c(NCc3nc(F)cs3)cc(Cl)nc2c1Br. The standard InChI is InChI=1S/C14H13BrClFN4OS/c1-6(18)2-8-12(15)13-14(22-8)7(3-9(16)20-13)19-4-11-21-10(17)5-23-11/h3,5-6H,2,4,18H2,1H3,(H,19,20)/t6-/m0/s1. The largest absolute Gasteiger partial charge is 0.456 e. The maximum Gasteiger partial charge on any atom is 0.223 e. The molecule has 9 heteroatoms. The van der Waals surface area contributed by atoms with Crippen molar-refractivity contribution in [3.63, 3.8) is 0 Å². The van der Waals surface area contributed by atoms with Crippen molar-refractivity contribution in [3.05, 3.63) is 37.8 Å². The van der Waals surface area contributed by atoms with E-state index in [1.807, 2.05) is 6.92 Å². The fourth-order valence-corrected chi connectivity index (χ4v) is 3.44. The van der Waals surface area contributed by atoms with Crippen molar-refractivity contribution in [2.45, 2.75) is 25.9 Å². The molecule has 0 aliphatic rings. The molecule has 0 fully saturated rings. The third-order valence-corrected chi connectivity index (χ3v) is 4.91. The van der Waals surface area contributed by atoms with Gasteiger partial charge in [0.15, 0.2) is 5.58 Å². The molecule has 0 saturated carbocycles. The fraction of sp³-hybridized carbons (Fsp3) is 0.286. The first-order valence-electron chi connectivity index (χ1n) is 6.81. The van der Waals surface area contributed by atoms with Crippen molar-refractivity contribution in [3.8, 4) is 0 Å². The van der Waals surface area contributed by atoms with Crippen molar-refractivity contribution < 1.29 is 8.81 Å². The van der Waals surface area contributed by atoms with Gasteiger partial charge < -0.3 is 15.5 Å². The van der Waals surface area contributed by atoms with Gasteiger partial charge in [0.2, 0.25) is 5.95 Å². The minimum atomic E-state index is -0.482. The lowest BCUT2D eigenvalue weighted by Gasteiger charge is -2.05. The predicted octanol–water partition coefficient (Wildman–Crippen LogP) is 4.34. The first kappa shape index (κ1) is 16.6. The molecule has 0 bridgehead atoms. The maximum absolute atomic E-state index is 13.0. The molecule has 0 aliphatic heterocycles. The molecule has 122 valence electrons. The molecule has 0 spiro atoms. The number of nitrogens with zero attached hydrogens (tertiary/aromatic N) is 2. The van der Waals surface area contributed by atoms with E-state index >= 15 is 0 Å². The smallest absolute Gasteiger partial charge is 0.223 e. The van der Waals surface area contributed by atoms with Gasteiger partial charge in [-0.05, 0) is 22.9 Å². The van der Waals surface area contributed by atoms with E-state index in [2.05, 4.69) is 31.2 Å². The van der Waals surface area contributed by atoms with Crippen LogP contribution in [0.15, 0.2) is 20.3 Å². The number of halogens is 3. The number of hydrogen-bond acceptors (Lipinski definition) is 6. The second-order valence-corrected chi connectivity index (χ2v) is 7.23. The van der Waals surface area contributed by atoms with Crippen molar-refractivity contribution in [2.75, 3.05) is 5.32 Å². The normalized spacial score (nSPS) is 12.7. The molecule has 5 nitrogen and oxygen atoms in total. The highest BCUT2D eigenvalue weighted by Crippen LogP contribution is 2.36. The second kappa shape index (κ2) is 6.72. The van der Waals surface area contributed by atoms with Crippen LogP contribution in [-0.2, 0) is 13.0 Å². The molecule has 0 saturated heterocycles. The van der Waals surface area contributed by atoms with Gasteiger partial charge in [0.1, 0.15) is 21.4 Å². The van der Waals surface area contributed by atoms with Gasteiger partial charge in [0.05, 0.1) is 16.7 Å². The zero-order chi connectivity index (χ0) is 16.6. The molecule has 3 aromatic heterocycles. The summed E-state index contributed by atoms with van der Waals surface area (Å²) >= 11 is 10.8. The van der Waals surface area contributed by atoms with Gasteiger partial charge in [-0.25, -0.2) is 9.97 Å². The topological polar surface area (TPSA) is 77.0 Å². The molecule has 0 aromatic carbocycles. The van der Waals surface area contributed by atoms with Gasteiger partial charge >= 0.3 is 0 Å². The van der Waals surface area contributed by atoms with Gasteiger partial charge in [0.25, 0.3) is 0 Å². The second-order valence-electron chi connectivity index (χ2n) is 5.11. The number of fused-ring (bicyclic) bond motifs is 1. The molecule has 3 N–H and O–H groups in total. The molecular weight excluding hydrogens is 407 g/mol. The van der Waals surface area contributed by atoms with E-state index in [4.69, 9.17) is 21.8 Å². The highest BCUT2D eigenvalue weighted by Gasteiger charge is 2.18. The Labute approximate surface area is 149 Å². The monoisotopic (exact) mass is 418 g/mol. The van der Waals surface area contributed by atoms with Crippen molar-refractivity contribution >= 4 is 55.7 Å². The maximum atomic E-state index is 13.0. The quantitative estimate of drug-likeness (QED) is 0.602. The number of furan rings is 1. The number of thiazole rings is 1. The summed E-state index contributed by atoms with van der Waals surface area (Å²) in [6.07, 6.45) is 0.575. The van der Waals surface area contributed by atoms with E-state index in [1.54, 1.807) is 6.07 Å². The van der Waals surface area contributed by atoms with E-state index in [-0.39, 0.29) is 6.04 Å². The van der Waals surface area contributed by atoms with Crippen molar-refractivity contribution in [2.24, 2.45) is 5.73 Å². The van der Waals surface area contributed by atoms with Crippen molar-refractivity contribution in [1.82, 2.24) is 9.97 Å². The molecule has 23 heavy (non-hydrogen) atoms. The summed E-state index contributed by atoms with van der Waals surface area (Å²) in [6.45, 7) is 2.27. The predicted molar refractivity (Wildman–Crippen MR) is 93.5 cm³/mol. The van der Waals surface area contributed by atoms with E-state index in [9.17, 15) is 4.39 Å². The van der Waals surface area contributed by atoms with Gasteiger partial charge in [0, 0.05) is 23.9 Å². The Morgan fingerprint density at radius 2 is 2.30 bits per heavy atom.